The minimum absolute atomic E-state index is 0.0104. The van der Waals surface area contributed by atoms with Gasteiger partial charge < -0.3 is 15.8 Å². The highest BCUT2D eigenvalue weighted by atomic mass is 32.2. The Hall–Kier alpha value is -1.76. The minimum Gasteiger partial charge on any atom is -0.496 e. The van der Waals surface area contributed by atoms with Crippen LogP contribution in [0.5, 0.6) is 5.75 Å². The molecule has 1 heterocycles. The average Bonchev–Trinajstić information content (AvgIpc) is 2.75. The molecule has 0 aromatic heterocycles. The lowest BCUT2D eigenvalue weighted by molar-refractivity contribution is 0.0945. The van der Waals surface area contributed by atoms with Crippen LogP contribution in [0.15, 0.2) is 18.2 Å². The molecule has 1 aromatic rings. The van der Waals surface area contributed by atoms with Gasteiger partial charge in [0.15, 0.2) is 9.84 Å². The third-order valence-electron chi connectivity index (χ3n) is 3.35. The maximum absolute atomic E-state index is 12.1. The zero-order valence-corrected chi connectivity index (χ0v) is 12.1. The van der Waals surface area contributed by atoms with Crippen LogP contribution in [-0.4, -0.2) is 39.5 Å². The van der Waals surface area contributed by atoms with Gasteiger partial charge in [-0.05, 0) is 24.5 Å². The molecule has 1 aromatic carbocycles. The van der Waals surface area contributed by atoms with Crippen molar-refractivity contribution < 1.29 is 17.9 Å². The predicted molar refractivity (Wildman–Crippen MR) is 76.5 cm³/mol. The van der Waals surface area contributed by atoms with E-state index in [-0.39, 0.29) is 23.3 Å². The Morgan fingerprint density at radius 1 is 1.50 bits per heavy atom. The summed E-state index contributed by atoms with van der Waals surface area (Å²) < 4.78 is 27.8. The average molecular weight is 298 g/mol. The van der Waals surface area contributed by atoms with E-state index >= 15 is 0 Å². The maximum atomic E-state index is 12.1. The first-order chi connectivity index (χ1) is 9.41. The first kappa shape index (κ1) is 14.6. The van der Waals surface area contributed by atoms with Crippen molar-refractivity contribution in [2.24, 2.45) is 5.92 Å². The molecule has 0 saturated carbocycles. The van der Waals surface area contributed by atoms with Crippen LogP contribution >= 0.6 is 0 Å². The largest absolute Gasteiger partial charge is 0.496 e. The number of benzene rings is 1. The third kappa shape index (κ3) is 3.41. The minimum atomic E-state index is -2.92. The van der Waals surface area contributed by atoms with Crippen molar-refractivity contribution >= 4 is 21.4 Å². The first-order valence-electron chi connectivity index (χ1n) is 6.33. The first-order valence-corrected chi connectivity index (χ1v) is 8.15. The summed E-state index contributed by atoms with van der Waals surface area (Å²) in [6, 6.07) is 4.79. The molecule has 0 aliphatic carbocycles. The van der Waals surface area contributed by atoms with Crippen LogP contribution in [0.1, 0.15) is 16.8 Å². The smallest absolute Gasteiger partial charge is 0.255 e. The molecule has 1 aliphatic heterocycles. The van der Waals surface area contributed by atoms with E-state index in [2.05, 4.69) is 5.32 Å². The molecule has 0 bridgehead atoms. The second kappa shape index (κ2) is 5.70. The van der Waals surface area contributed by atoms with Gasteiger partial charge in [-0.15, -0.1) is 0 Å². The molecular formula is C13H18N2O4S. The second-order valence-corrected chi connectivity index (χ2v) is 7.17. The molecule has 1 aliphatic rings. The van der Waals surface area contributed by atoms with Crippen molar-refractivity contribution in [1.29, 1.82) is 0 Å². The Morgan fingerprint density at radius 3 is 2.85 bits per heavy atom. The number of carbonyl (C=O) groups is 1. The summed E-state index contributed by atoms with van der Waals surface area (Å²) in [6.07, 6.45) is 0.599. The number of sulfone groups is 1. The predicted octanol–water partition coefficient (Wildman–Crippen LogP) is 0.442. The van der Waals surface area contributed by atoms with E-state index in [1.165, 1.54) is 7.11 Å². The molecule has 0 spiro atoms. The highest BCUT2D eigenvalue weighted by molar-refractivity contribution is 7.91. The Labute approximate surface area is 118 Å². The molecule has 1 amide bonds. The topological polar surface area (TPSA) is 98.5 Å². The van der Waals surface area contributed by atoms with Gasteiger partial charge in [0.2, 0.25) is 0 Å². The number of nitrogens with one attached hydrogen (secondary N) is 1. The Kier molecular flexibility index (Phi) is 4.17. The molecule has 110 valence electrons. The van der Waals surface area contributed by atoms with Gasteiger partial charge in [0.1, 0.15) is 5.75 Å². The summed E-state index contributed by atoms with van der Waals surface area (Å²) in [5.74, 6) is 0.460. The van der Waals surface area contributed by atoms with Gasteiger partial charge in [-0.1, -0.05) is 0 Å². The molecule has 1 atom stereocenters. The number of nitrogen functional groups attached to an aromatic ring is 1. The summed E-state index contributed by atoms with van der Waals surface area (Å²) in [7, 11) is -1.45. The van der Waals surface area contributed by atoms with Gasteiger partial charge in [-0.3, -0.25) is 4.79 Å². The number of hydrogen-bond acceptors (Lipinski definition) is 5. The van der Waals surface area contributed by atoms with Crippen molar-refractivity contribution in [3.8, 4) is 5.75 Å². The fourth-order valence-corrected chi connectivity index (χ4v) is 4.12. The normalized spacial score (nSPS) is 20.6. The lowest BCUT2D eigenvalue weighted by Crippen LogP contribution is -2.30. The molecule has 0 radical (unpaired) electrons. The van der Waals surface area contributed by atoms with E-state index in [1.807, 2.05) is 0 Å². The molecule has 3 N–H and O–H groups in total. The van der Waals surface area contributed by atoms with Gasteiger partial charge in [-0.2, -0.15) is 0 Å². The highest BCUT2D eigenvalue weighted by Crippen LogP contribution is 2.22. The van der Waals surface area contributed by atoms with E-state index in [0.29, 0.717) is 30.0 Å². The summed E-state index contributed by atoms with van der Waals surface area (Å²) in [5.41, 5.74) is 6.53. The van der Waals surface area contributed by atoms with Crippen molar-refractivity contribution in [3.05, 3.63) is 23.8 Å². The van der Waals surface area contributed by atoms with Gasteiger partial charge in [0, 0.05) is 18.3 Å². The molecule has 7 heteroatoms. The van der Waals surface area contributed by atoms with Crippen LogP contribution in [0.25, 0.3) is 0 Å². The summed E-state index contributed by atoms with van der Waals surface area (Å²) in [4.78, 5) is 12.1. The summed E-state index contributed by atoms with van der Waals surface area (Å²) >= 11 is 0. The fraction of sp³-hybridized carbons (Fsp3) is 0.462. The zero-order chi connectivity index (χ0) is 14.8. The van der Waals surface area contributed by atoms with Crippen LogP contribution in [0.2, 0.25) is 0 Å². The zero-order valence-electron chi connectivity index (χ0n) is 11.3. The van der Waals surface area contributed by atoms with Gasteiger partial charge in [0.25, 0.3) is 5.91 Å². The van der Waals surface area contributed by atoms with Crippen molar-refractivity contribution in [2.75, 3.05) is 30.9 Å². The molecule has 1 fully saturated rings. The molecule has 1 saturated heterocycles. The Balaban J connectivity index is 1.99. The molecule has 1 unspecified atom stereocenters. The van der Waals surface area contributed by atoms with Crippen molar-refractivity contribution in [2.45, 2.75) is 6.42 Å². The molecule has 6 nitrogen and oxygen atoms in total. The van der Waals surface area contributed by atoms with Gasteiger partial charge >= 0.3 is 0 Å². The highest BCUT2D eigenvalue weighted by Gasteiger charge is 2.28. The quantitative estimate of drug-likeness (QED) is 0.786. The van der Waals surface area contributed by atoms with E-state index in [1.54, 1.807) is 18.2 Å². The number of carbonyl (C=O) groups excluding carboxylic acids is 1. The van der Waals surface area contributed by atoms with Gasteiger partial charge in [-0.25, -0.2) is 8.42 Å². The number of nitrogens with two attached hydrogens (primary N) is 1. The van der Waals surface area contributed by atoms with E-state index in [0.717, 1.165) is 0 Å². The van der Waals surface area contributed by atoms with Crippen molar-refractivity contribution in [3.63, 3.8) is 0 Å². The third-order valence-corrected chi connectivity index (χ3v) is 5.19. The molecule has 2 rings (SSSR count). The van der Waals surface area contributed by atoms with E-state index in [9.17, 15) is 13.2 Å². The van der Waals surface area contributed by atoms with Crippen LogP contribution in [-0.2, 0) is 9.84 Å². The lowest BCUT2D eigenvalue weighted by Gasteiger charge is -2.12. The van der Waals surface area contributed by atoms with E-state index in [4.69, 9.17) is 10.5 Å². The van der Waals surface area contributed by atoms with Crippen LogP contribution in [0.4, 0.5) is 5.69 Å². The number of amides is 1. The van der Waals surface area contributed by atoms with Crippen LogP contribution < -0.4 is 15.8 Å². The van der Waals surface area contributed by atoms with Crippen LogP contribution in [0, 0.1) is 5.92 Å². The lowest BCUT2D eigenvalue weighted by atomic mass is 10.1. The monoisotopic (exact) mass is 298 g/mol. The number of rotatable bonds is 4. The number of hydrogen-bond donors (Lipinski definition) is 2. The number of anilines is 1. The fourth-order valence-electron chi connectivity index (χ4n) is 2.26. The van der Waals surface area contributed by atoms with Crippen LogP contribution in [0.3, 0.4) is 0 Å². The SMILES string of the molecule is COc1cc(N)ccc1C(=O)NCC1CCS(=O)(=O)C1. The second-order valence-electron chi connectivity index (χ2n) is 4.94. The maximum Gasteiger partial charge on any atom is 0.255 e. The Morgan fingerprint density at radius 2 is 2.25 bits per heavy atom. The summed E-state index contributed by atoms with van der Waals surface area (Å²) in [6.45, 7) is 0.353. The summed E-state index contributed by atoms with van der Waals surface area (Å²) in [5, 5.41) is 2.75. The molecular weight excluding hydrogens is 280 g/mol. The number of methoxy groups -OCH3 is 1. The number of ether oxygens (including phenoxy) is 1. The standard InChI is InChI=1S/C13H18N2O4S/c1-19-12-6-10(14)2-3-11(12)13(16)15-7-9-4-5-20(17,18)8-9/h2-3,6,9H,4-5,7-8,14H2,1H3,(H,15,16). The van der Waals surface area contributed by atoms with Crippen molar-refractivity contribution in [1.82, 2.24) is 5.32 Å². The molecule has 20 heavy (non-hydrogen) atoms. The Bertz CT molecular complexity index is 613. The van der Waals surface area contributed by atoms with E-state index < -0.39 is 9.84 Å². The van der Waals surface area contributed by atoms with Gasteiger partial charge in [0.05, 0.1) is 24.2 Å².